The van der Waals surface area contributed by atoms with Gasteiger partial charge in [0.15, 0.2) is 0 Å². The summed E-state index contributed by atoms with van der Waals surface area (Å²) in [6.07, 6.45) is 1.89. The van der Waals surface area contributed by atoms with Crippen LogP contribution < -0.4 is 5.43 Å². The molecule has 0 aliphatic carbocycles. The van der Waals surface area contributed by atoms with Gasteiger partial charge in [0, 0.05) is 12.1 Å². The van der Waals surface area contributed by atoms with E-state index < -0.39 is 0 Å². The van der Waals surface area contributed by atoms with Crippen molar-refractivity contribution in [1.82, 2.24) is 10.4 Å². The quantitative estimate of drug-likeness (QED) is 0.639. The maximum absolute atomic E-state index is 11.3. The van der Waals surface area contributed by atoms with Crippen LogP contribution in [-0.4, -0.2) is 36.2 Å². The second-order valence-electron chi connectivity index (χ2n) is 4.67. The summed E-state index contributed by atoms with van der Waals surface area (Å²) in [5.74, 6) is -0.168. The molecule has 0 saturated carbocycles. The van der Waals surface area contributed by atoms with Crippen LogP contribution in [0.1, 0.15) is 33.6 Å². The van der Waals surface area contributed by atoms with Crippen molar-refractivity contribution < 1.29 is 9.53 Å². The second kappa shape index (κ2) is 4.28. The average molecular weight is 200 g/mol. The Labute approximate surface area is 85.6 Å². The van der Waals surface area contributed by atoms with Gasteiger partial charge in [-0.15, -0.1) is 0 Å². The molecule has 0 aromatic rings. The third-order valence-corrected chi connectivity index (χ3v) is 2.48. The van der Waals surface area contributed by atoms with Crippen LogP contribution in [0.15, 0.2) is 0 Å². The molecule has 1 atom stereocenters. The molecule has 1 aliphatic rings. The molecule has 1 N–H and O–H groups in total. The van der Waals surface area contributed by atoms with Crippen LogP contribution in [0.2, 0.25) is 0 Å². The first-order chi connectivity index (χ1) is 6.45. The van der Waals surface area contributed by atoms with Crippen LogP contribution >= 0.6 is 0 Å². The summed E-state index contributed by atoms with van der Waals surface area (Å²) in [7, 11) is 1.43. The summed E-state index contributed by atoms with van der Waals surface area (Å²) in [6, 6.07) is -0.173. The Hall–Kier alpha value is -0.610. The van der Waals surface area contributed by atoms with Crippen LogP contribution in [-0.2, 0) is 9.53 Å². The van der Waals surface area contributed by atoms with Crippen molar-refractivity contribution in [3.8, 4) is 0 Å². The summed E-state index contributed by atoms with van der Waals surface area (Å²) in [5.41, 5.74) is 3.25. The van der Waals surface area contributed by atoms with E-state index in [0.29, 0.717) is 0 Å². The van der Waals surface area contributed by atoms with Crippen LogP contribution in [0.4, 0.5) is 0 Å². The van der Waals surface area contributed by atoms with Gasteiger partial charge in [0.25, 0.3) is 0 Å². The summed E-state index contributed by atoms with van der Waals surface area (Å²) < 4.78 is 4.72. The molecule has 0 aromatic carbocycles. The highest BCUT2D eigenvalue weighted by Gasteiger charge is 2.31. The number of ether oxygens (including phenoxy) is 1. The van der Waals surface area contributed by atoms with E-state index in [1.54, 1.807) is 0 Å². The number of methoxy groups -OCH3 is 1. The normalized spacial score (nSPS) is 24.7. The van der Waals surface area contributed by atoms with Crippen molar-refractivity contribution in [3.05, 3.63) is 0 Å². The zero-order valence-corrected chi connectivity index (χ0v) is 9.46. The molecule has 0 bridgehead atoms. The molecule has 14 heavy (non-hydrogen) atoms. The van der Waals surface area contributed by atoms with Gasteiger partial charge in [0.1, 0.15) is 6.04 Å². The number of hydrogen-bond donors (Lipinski definition) is 1. The van der Waals surface area contributed by atoms with E-state index >= 15 is 0 Å². The van der Waals surface area contributed by atoms with Gasteiger partial charge in [0.2, 0.25) is 0 Å². The van der Waals surface area contributed by atoms with E-state index in [2.05, 4.69) is 31.2 Å². The van der Waals surface area contributed by atoms with Crippen LogP contribution in [0.5, 0.6) is 0 Å². The summed E-state index contributed by atoms with van der Waals surface area (Å²) in [5, 5.41) is 2.11. The molecule has 1 fully saturated rings. The molecular weight excluding hydrogens is 180 g/mol. The average Bonchev–Trinajstić information content (AvgIpc) is 2.15. The van der Waals surface area contributed by atoms with Gasteiger partial charge in [-0.25, -0.2) is 10.4 Å². The standard InChI is InChI=1S/C10H20N2O2/c1-10(2,3)12-7-5-6-8(11-12)9(13)14-4/h8,11H,5-7H2,1-4H3/t8-/m0/s1. The molecule has 82 valence electrons. The third-order valence-electron chi connectivity index (χ3n) is 2.48. The smallest absolute Gasteiger partial charge is 0.324 e. The topological polar surface area (TPSA) is 41.6 Å². The Morgan fingerprint density at radius 2 is 2.14 bits per heavy atom. The number of nitrogens with one attached hydrogen (secondary N) is 1. The molecule has 0 amide bonds. The lowest BCUT2D eigenvalue weighted by molar-refractivity contribution is -0.147. The molecule has 4 heteroatoms. The molecule has 1 rings (SSSR count). The van der Waals surface area contributed by atoms with Crippen molar-refractivity contribution in [3.63, 3.8) is 0 Å². The largest absolute Gasteiger partial charge is 0.468 e. The second-order valence-corrected chi connectivity index (χ2v) is 4.67. The molecule has 0 aromatic heterocycles. The minimum Gasteiger partial charge on any atom is -0.468 e. The zero-order valence-electron chi connectivity index (χ0n) is 9.46. The zero-order chi connectivity index (χ0) is 10.8. The van der Waals surface area contributed by atoms with E-state index in [1.807, 2.05) is 0 Å². The summed E-state index contributed by atoms with van der Waals surface area (Å²) in [6.45, 7) is 7.36. The van der Waals surface area contributed by atoms with Gasteiger partial charge in [0.05, 0.1) is 7.11 Å². The van der Waals surface area contributed by atoms with Crippen molar-refractivity contribution in [2.75, 3.05) is 13.7 Å². The predicted molar refractivity (Wildman–Crippen MR) is 54.6 cm³/mol. The molecule has 1 heterocycles. The number of nitrogens with zero attached hydrogens (tertiary/aromatic N) is 1. The highest BCUT2D eigenvalue weighted by atomic mass is 16.5. The minimum atomic E-state index is -0.173. The number of carbonyl (C=O) groups excluding carboxylic acids is 1. The number of hydrazine groups is 1. The Balaban J connectivity index is 2.56. The molecule has 4 nitrogen and oxygen atoms in total. The summed E-state index contributed by atoms with van der Waals surface area (Å²) >= 11 is 0. The Bertz CT molecular complexity index is 211. The molecule has 0 radical (unpaired) electrons. The van der Waals surface area contributed by atoms with Crippen LogP contribution in [0.3, 0.4) is 0 Å². The lowest BCUT2D eigenvalue weighted by atomic mass is 10.0. The van der Waals surface area contributed by atoms with Gasteiger partial charge >= 0.3 is 5.97 Å². The van der Waals surface area contributed by atoms with Gasteiger partial charge in [-0.3, -0.25) is 4.79 Å². The number of carbonyl (C=O) groups is 1. The Morgan fingerprint density at radius 1 is 1.50 bits per heavy atom. The van der Waals surface area contributed by atoms with Gasteiger partial charge in [-0.05, 0) is 33.6 Å². The Kier molecular flexibility index (Phi) is 3.50. The highest BCUT2D eigenvalue weighted by molar-refractivity contribution is 5.75. The number of hydrogen-bond acceptors (Lipinski definition) is 4. The molecular formula is C10H20N2O2. The lowest BCUT2D eigenvalue weighted by Gasteiger charge is -2.41. The fourth-order valence-electron chi connectivity index (χ4n) is 1.61. The van der Waals surface area contributed by atoms with Gasteiger partial charge in [-0.1, -0.05) is 0 Å². The first-order valence-electron chi connectivity index (χ1n) is 5.07. The van der Waals surface area contributed by atoms with E-state index in [0.717, 1.165) is 19.4 Å². The third kappa shape index (κ3) is 2.69. The number of esters is 1. The maximum Gasteiger partial charge on any atom is 0.324 e. The van der Waals surface area contributed by atoms with Crippen molar-refractivity contribution in [2.45, 2.75) is 45.2 Å². The number of rotatable bonds is 1. The fourth-order valence-corrected chi connectivity index (χ4v) is 1.61. The van der Waals surface area contributed by atoms with Gasteiger partial charge < -0.3 is 4.74 Å². The Morgan fingerprint density at radius 3 is 2.64 bits per heavy atom. The monoisotopic (exact) mass is 200 g/mol. The highest BCUT2D eigenvalue weighted by Crippen LogP contribution is 2.17. The molecule has 1 aliphatic heterocycles. The fraction of sp³-hybridized carbons (Fsp3) is 0.900. The van der Waals surface area contributed by atoms with Crippen LogP contribution in [0, 0.1) is 0 Å². The maximum atomic E-state index is 11.3. The molecule has 0 spiro atoms. The lowest BCUT2D eigenvalue weighted by Crippen LogP contribution is -2.59. The van der Waals surface area contributed by atoms with E-state index in [-0.39, 0.29) is 17.6 Å². The SMILES string of the molecule is COC(=O)[C@@H]1CCCN(C(C)(C)C)N1. The van der Waals surface area contributed by atoms with Crippen molar-refractivity contribution in [1.29, 1.82) is 0 Å². The van der Waals surface area contributed by atoms with E-state index in [4.69, 9.17) is 4.74 Å². The van der Waals surface area contributed by atoms with Crippen molar-refractivity contribution >= 4 is 5.97 Å². The molecule has 0 unspecified atom stereocenters. The van der Waals surface area contributed by atoms with E-state index in [9.17, 15) is 4.79 Å². The predicted octanol–water partition coefficient (Wildman–Crippen LogP) is 0.927. The first-order valence-corrected chi connectivity index (χ1v) is 5.07. The van der Waals surface area contributed by atoms with Crippen molar-refractivity contribution in [2.24, 2.45) is 0 Å². The molecule has 1 saturated heterocycles. The summed E-state index contributed by atoms with van der Waals surface area (Å²) in [4.78, 5) is 11.3. The van der Waals surface area contributed by atoms with Gasteiger partial charge in [-0.2, -0.15) is 0 Å². The van der Waals surface area contributed by atoms with Crippen LogP contribution in [0.25, 0.3) is 0 Å². The minimum absolute atomic E-state index is 0.0483. The van der Waals surface area contributed by atoms with E-state index in [1.165, 1.54) is 7.11 Å². The first kappa shape index (κ1) is 11.5.